The maximum absolute atomic E-state index is 13.7. The summed E-state index contributed by atoms with van der Waals surface area (Å²) in [4.78, 5) is 32.0. The number of benzene rings is 3. The number of nitrogens with zero attached hydrogens (tertiary/aromatic N) is 1. The number of ether oxygens (including phenoxy) is 2. The van der Waals surface area contributed by atoms with Crippen LogP contribution in [0.25, 0.3) is 22.2 Å². The lowest BCUT2D eigenvalue weighted by Crippen LogP contribution is -2.40. The third kappa shape index (κ3) is 5.54. The minimum atomic E-state index is -0.422. The van der Waals surface area contributed by atoms with Gasteiger partial charge in [0.25, 0.3) is 5.91 Å². The molecule has 1 aliphatic heterocycles. The van der Waals surface area contributed by atoms with Gasteiger partial charge in [-0.2, -0.15) is 0 Å². The van der Waals surface area contributed by atoms with Crippen LogP contribution in [0.5, 0.6) is 5.75 Å². The molecule has 39 heavy (non-hydrogen) atoms. The van der Waals surface area contributed by atoms with E-state index in [4.69, 9.17) is 9.47 Å². The smallest absolute Gasteiger partial charge is 0.255 e. The molecular formula is C32H35N3O4. The molecule has 0 saturated carbocycles. The first-order chi connectivity index (χ1) is 19.1. The Kier molecular flexibility index (Phi) is 8.27. The van der Waals surface area contributed by atoms with Crippen molar-refractivity contribution in [1.29, 1.82) is 0 Å². The molecule has 202 valence electrons. The van der Waals surface area contributed by atoms with E-state index in [9.17, 15) is 9.59 Å². The Morgan fingerprint density at radius 2 is 1.79 bits per heavy atom. The molecule has 7 nitrogen and oxygen atoms in total. The second kappa shape index (κ2) is 12.2. The van der Waals surface area contributed by atoms with Crippen LogP contribution in [0.4, 0.5) is 0 Å². The molecule has 0 fully saturated rings. The van der Waals surface area contributed by atoms with E-state index in [1.54, 1.807) is 12.0 Å². The van der Waals surface area contributed by atoms with Gasteiger partial charge < -0.3 is 24.7 Å². The Balaban J connectivity index is 1.48. The van der Waals surface area contributed by atoms with Crippen LogP contribution in [0.1, 0.15) is 53.7 Å². The summed E-state index contributed by atoms with van der Waals surface area (Å²) in [7, 11) is 1.65. The second-order valence-corrected chi connectivity index (χ2v) is 9.78. The molecule has 1 atom stereocenters. The van der Waals surface area contributed by atoms with Gasteiger partial charge in [0, 0.05) is 47.4 Å². The third-order valence-electron chi connectivity index (χ3n) is 7.18. The molecule has 0 aliphatic carbocycles. The number of nitrogens with one attached hydrogen (secondary N) is 2. The molecule has 2 N–H and O–H groups in total. The van der Waals surface area contributed by atoms with E-state index in [0.29, 0.717) is 18.7 Å². The van der Waals surface area contributed by atoms with Crippen molar-refractivity contribution in [1.82, 2.24) is 15.2 Å². The van der Waals surface area contributed by atoms with E-state index in [0.717, 1.165) is 64.9 Å². The van der Waals surface area contributed by atoms with Gasteiger partial charge in [0.05, 0.1) is 18.8 Å². The van der Waals surface area contributed by atoms with Crippen molar-refractivity contribution in [2.45, 2.75) is 32.2 Å². The standard InChI is InChI=1S/C32H35N3O4/c1-3-4-18-39-19-10-17-33-28(36)21-35-31(24-13-5-6-14-25(24)32(35)37)29-26-15-7-8-16-27(26)34-30(29)22-11-9-12-23(20-22)38-2/h5-9,11-16,20,31,34H,3-4,10,17-19,21H2,1-2H3,(H,33,36)/t31-/m0/s1. The maximum atomic E-state index is 13.7. The molecule has 1 aliphatic rings. The van der Waals surface area contributed by atoms with Crippen molar-refractivity contribution in [3.8, 4) is 17.0 Å². The van der Waals surface area contributed by atoms with E-state index in [1.807, 2.05) is 66.7 Å². The predicted octanol–water partition coefficient (Wildman–Crippen LogP) is 5.71. The number of carbonyl (C=O) groups excluding carboxylic acids is 2. The summed E-state index contributed by atoms with van der Waals surface area (Å²) in [5.41, 5.74) is 5.31. The number of fused-ring (bicyclic) bond motifs is 2. The van der Waals surface area contributed by atoms with Crippen LogP contribution >= 0.6 is 0 Å². The lowest BCUT2D eigenvalue weighted by atomic mass is 9.93. The van der Waals surface area contributed by atoms with Gasteiger partial charge in [-0.3, -0.25) is 9.59 Å². The normalized spacial score (nSPS) is 14.6. The highest BCUT2D eigenvalue weighted by Gasteiger charge is 2.41. The van der Waals surface area contributed by atoms with Crippen molar-refractivity contribution in [3.05, 3.63) is 89.5 Å². The van der Waals surface area contributed by atoms with Crippen LogP contribution in [0.3, 0.4) is 0 Å². The second-order valence-electron chi connectivity index (χ2n) is 9.78. The average Bonchev–Trinajstić information content (AvgIpc) is 3.47. The average molecular weight is 526 g/mol. The topological polar surface area (TPSA) is 83.7 Å². The fraction of sp³-hybridized carbons (Fsp3) is 0.312. The zero-order valence-electron chi connectivity index (χ0n) is 22.5. The number of H-pyrrole nitrogens is 1. The number of unbranched alkanes of at least 4 members (excludes halogenated alkanes) is 1. The molecule has 3 aromatic carbocycles. The maximum Gasteiger partial charge on any atom is 0.255 e. The number of para-hydroxylation sites is 1. The van der Waals surface area contributed by atoms with Crippen molar-refractivity contribution < 1.29 is 19.1 Å². The molecule has 0 bridgehead atoms. The predicted molar refractivity (Wildman–Crippen MR) is 153 cm³/mol. The summed E-state index contributed by atoms with van der Waals surface area (Å²) in [6.07, 6.45) is 2.87. The Morgan fingerprint density at radius 1 is 1.00 bits per heavy atom. The first-order valence-corrected chi connectivity index (χ1v) is 13.6. The zero-order valence-corrected chi connectivity index (χ0v) is 22.5. The molecule has 7 heteroatoms. The molecule has 0 unspecified atom stereocenters. The summed E-state index contributed by atoms with van der Waals surface area (Å²) in [5.74, 6) is 0.419. The molecular weight excluding hydrogens is 490 g/mol. The van der Waals surface area contributed by atoms with Gasteiger partial charge >= 0.3 is 0 Å². The van der Waals surface area contributed by atoms with Gasteiger partial charge in [-0.25, -0.2) is 0 Å². The number of carbonyl (C=O) groups is 2. The summed E-state index contributed by atoms with van der Waals surface area (Å²) < 4.78 is 11.1. The Labute approximate surface area is 229 Å². The number of hydrogen-bond acceptors (Lipinski definition) is 4. The zero-order chi connectivity index (χ0) is 27.2. The van der Waals surface area contributed by atoms with Crippen molar-refractivity contribution in [2.24, 2.45) is 0 Å². The van der Waals surface area contributed by atoms with Gasteiger partial charge in [0.2, 0.25) is 5.91 Å². The van der Waals surface area contributed by atoms with Gasteiger partial charge in [0.15, 0.2) is 0 Å². The third-order valence-corrected chi connectivity index (χ3v) is 7.18. The first kappa shape index (κ1) is 26.5. The first-order valence-electron chi connectivity index (χ1n) is 13.6. The highest BCUT2D eigenvalue weighted by Crippen LogP contribution is 2.45. The molecule has 1 aromatic heterocycles. The van der Waals surface area contributed by atoms with Crippen LogP contribution < -0.4 is 10.1 Å². The molecule has 2 heterocycles. The Morgan fingerprint density at radius 3 is 2.64 bits per heavy atom. The van der Waals surface area contributed by atoms with E-state index >= 15 is 0 Å². The quantitative estimate of drug-likeness (QED) is 0.232. The number of aromatic amines is 1. The van der Waals surface area contributed by atoms with Crippen molar-refractivity contribution in [2.75, 3.05) is 33.4 Å². The summed E-state index contributed by atoms with van der Waals surface area (Å²) in [5, 5.41) is 3.99. The molecule has 0 saturated heterocycles. The van der Waals surface area contributed by atoms with Crippen LogP contribution in [0, 0.1) is 0 Å². The monoisotopic (exact) mass is 525 g/mol. The molecule has 2 amide bonds. The van der Waals surface area contributed by atoms with Gasteiger partial charge in [0.1, 0.15) is 12.3 Å². The number of amides is 2. The molecule has 0 spiro atoms. The Bertz CT molecular complexity index is 1460. The lowest BCUT2D eigenvalue weighted by molar-refractivity contribution is -0.122. The van der Waals surface area contributed by atoms with Crippen LogP contribution in [0.2, 0.25) is 0 Å². The fourth-order valence-electron chi connectivity index (χ4n) is 5.26. The summed E-state index contributed by atoms with van der Waals surface area (Å²) >= 11 is 0. The van der Waals surface area contributed by atoms with Crippen LogP contribution in [-0.2, 0) is 9.53 Å². The van der Waals surface area contributed by atoms with Crippen LogP contribution in [0.15, 0.2) is 72.8 Å². The lowest BCUT2D eigenvalue weighted by Gasteiger charge is -2.26. The van der Waals surface area contributed by atoms with E-state index in [2.05, 4.69) is 23.3 Å². The van der Waals surface area contributed by atoms with Gasteiger partial charge in [-0.1, -0.05) is 61.9 Å². The number of hydrogen-bond donors (Lipinski definition) is 2. The summed E-state index contributed by atoms with van der Waals surface area (Å²) in [6.45, 7) is 3.95. The van der Waals surface area contributed by atoms with Crippen molar-refractivity contribution in [3.63, 3.8) is 0 Å². The SMILES string of the molecule is CCCCOCCCNC(=O)CN1C(=O)c2ccccc2[C@H]1c1c(-c2cccc(OC)c2)[nH]c2ccccc12. The van der Waals surface area contributed by atoms with E-state index in [-0.39, 0.29) is 18.4 Å². The Hall–Kier alpha value is -4.10. The van der Waals surface area contributed by atoms with Crippen LogP contribution in [-0.4, -0.2) is 55.1 Å². The minimum absolute atomic E-state index is 0.0358. The van der Waals surface area contributed by atoms with E-state index in [1.165, 1.54) is 0 Å². The fourth-order valence-corrected chi connectivity index (χ4v) is 5.26. The number of rotatable bonds is 12. The highest BCUT2D eigenvalue weighted by molar-refractivity contribution is 6.03. The van der Waals surface area contributed by atoms with E-state index < -0.39 is 6.04 Å². The molecule has 5 rings (SSSR count). The number of aromatic nitrogens is 1. The van der Waals surface area contributed by atoms with Gasteiger partial charge in [-0.05, 0) is 42.7 Å². The highest BCUT2D eigenvalue weighted by atomic mass is 16.5. The van der Waals surface area contributed by atoms with Gasteiger partial charge in [-0.15, -0.1) is 0 Å². The number of methoxy groups -OCH3 is 1. The summed E-state index contributed by atoms with van der Waals surface area (Å²) in [6, 6.07) is 23.2. The van der Waals surface area contributed by atoms with Crippen molar-refractivity contribution >= 4 is 22.7 Å². The molecule has 0 radical (unpaired) electrons. The largest absolute Gasteiger partial charge is 0.497 e. The minimum Gasteiger partial charge on any atom is -0.497 e. The molecule has 4 aromatic rings.